The molecule has 19 heavy (non-hydrogen) atoms. The van der Waals surface area contributed by atoms with E-state index in [-0.39, 0.29) is 11.4 Å². The summed E-state index contributed by atoms with van der Waals surface area (Å²) >= 11 is 0. The van der Waals surface area contributed by atoms with Crippen molar-refractivity contribution in [2.45, 2.75) is 0 Å². The molecule has 2 rings (SSSR count). The minimum Gasteiger partial charge on any atom is -0.440 e. The molecule has 0 saturated carbocycles. The number of nitro benzene ring substituents is 1. The SMILES string of the molecule is CP(=O)(Oc1cccc([N+](=O)[O-])c1)c1ccccc1. The molecule has 0 saturated heterocycles. The summed E-state index contributed by atoms with van der Waals surface area (Å²) in [4.78, 5) is 10.2. The van der Waals surface area contributed by atoms with Crippen molar-refractivity contribution in [1.29, 1.82) is 0 Å². The molecule has 0 heterocycles. The van der Waals surface area contributed by atoms with Gasteiger partial charge in [-0.25, -0.2) is 0 Å². The zero-order valence-electron chi connectivity index (χ0n) is 10.2. The van der Waals surface area contributed by atoms with Gasteiger partial charge in [0, 0.05) is 18.0 Å². The van der Waals surface area contributed by atoms with E-state index in [4.69, 9.17) is 4.52 Å². The topological polar surface area (TPSA) is 69.4 Å². The van der Waals surface area contributed by atoms with Crippen molar-refractivity contribution in [2.24, 2.45) is 0 Å². The van der Waals surface area contributed by atoms with Crippen LogP contribution in [0.15, 0.2) is 54.6 Å². The van der Waals surface area contributed by atoms with Crippen LogP contribution in [-0.4, -0.2) is 11.6 Å². The molecular formula is C13H12NO4P. The van der Waals surface area contributed by atoms with E-state index < -0.39 is 12.3 Å². The molecule has 1 atom stereocenters. The highest BCUT2D eigenvalue weighted by Crippen LogP contribution is 2.42. The van der Waals surface area contributed by atoms with Gasteiger partial charge in [-0.3, -0.25) is 14.7 Å². The first-order valence-corrected chi connectivity index (χ1v) is 7.63. The normalized spacial score (nSPS) is 13.5. The lowest BCUT2D eigenvalue weighted by Crippen LogP contribution is -2.07. The van der Waals surface area contributed by atoms with Gasteiger partial charge in [-0.15, -0.1) is 0 Å². The molecule has 1 unspecified atom stereocenters. The summed E-state index contributed by atoms with van der Waals surface area (Å²) in [5.41, 5.74) is -0.0921. The largest absolute Gasteiger partial charge is 0.440 e. The molecule has 0 fully saturated rings. The summed E-state index contributed by atoms with van der Waals surface area (Å²) < 4.78 is 17.9. The molecule has 98 valence electrons. The second-order valence-electron chi connectivity index (χ2n) is 4.03. The van der Waals surface area contributed by atoms with Crippen molar-refractivity contribution >= 4 is 18.4 Å². The quantitative estimate of drug-likeness (QED) is 0.489. The van der Waals surface area contributed by atoms with Crippen LogP contribution in [0.25, 0.3) is 0 Å². The van der Waals surface area contributed by atoms with Crippen LogP contribution in [-0.2, 0) is 4.57 Å². The summed E-state index contributed by atoms with van der Waals surface area (Å²) in [5.74, 6) is 0.226. The van der Waals surface area contributed by atoms with Crippen molar-refractivity contribution in [2.75, 3.05) is 6.66 Å². The van der Waals surface area contributed by atoms with Crippen molar-refractivity contribution in [1.82, 2.24) is 0 Å². The van der Waals surface area contributed by atoms with Crippen LogP contribution in [0.3, 0.4) is 0 Å². The highest BCUT2D eigenvalue weighted by molar-refractivity contribution is 7.66. The van der Waals surface area contributed by atoms with Gasteiger partial charge in [-0.2, -0.15) is 0 Å². The molecular weight excluding hydrogens is 265 g/mol. The van der Waals surface area contributed by atoms with Crippen LogP contribution >= 0.6 is 7.37 Å². The van der Waals surface area contributed by atoms with E-state index in [0.29, 0.717) is 5.30 Å². The van der Waals surface area contributed by atoms with Gasteiger partial charge in [0.15, 0.2) is 0 Å². The molecule has 2 aromatic rings. The number of rotatable bonds is 4. The first kappa shape index (κ1) is 13.3. The Balaban J connectivity index is 2.28. The molecule has 0 aliphatic rings. The van der Waals surface area contributed by atoms with Crippen LogP contribution in [0.5, 0.6) is 5.75 Å². The fourth-order valence-electron chi connectivity index (χ4n) is 1.61. The average molecular weight is 277 g/mol. The molecule has 0 aliphatic heterocycles. The lowest BCUT2D eigenvalue weighted by molar-refractivity contribution is -0.384. The summed E-state index contributed by atoms with van der Waals surface area (Å²) in [6, 6.07) is 14.4. The minimum absolute atomic E-state index is 0.0921. The van der Waals surface area contributed by atoms with Crippen molar-refractivity contribution in [3.63, 3.8) is 0 Å². The predicted octanol–water partition coefficient (Wildman–Crippen LogP) is 3.21. The smallest absolute Gasteiger partial charge is 0.274 e. The predicted molar refractivity (Wildman–Crippen MR) is 73.3 cm³/mol. The van der Waals surface area contributed by atoms with Gasteiger partial charge in [-0.1, -0.05) is 24.3 Å². The summed E-state index contributed by atoms with van der Waals surface area (Å²) in [7, 11) is -3.04. The Kier molecular flexibility index (Phi) is 3.67. The Bertz CT molecular complexity index is 642. The van der Waals surface area contributed by atoms with Gasteiger partial charge in [-0.05, 0) is 18.2 Å². The maximum atomic E-state index is 12.5. The standard InChI is InChI=1S/C13H12NO4P/c1-19(17,13-8-3-2-4-9-13)18-12-7-5-6-11(10-12)14(15)16/h2-10H,1H3. The fraction of sp³-hybridized carbons (Fsp3) is 0.0769. The van der Waals surface area contributed by atoms with Gasteiger partial charge in [0.2, 0.25) is 0 Å². The number of hydrogen-bond acceptors (Lipinski definition) is 4. The average Bonchev–Trinajstić information content (AvgIpc) is 2.39. The van der Waals surface area contributed by atoms with Gasteiger partial charge < -0.3 is 4.52 Å². The van der Waals surface area contributed by atoms with Crippen LogP contribution < -0.4 is 9.83 Å². The van der Waals surface area contributed by atoms with Crippen LogP contribution in [0, 0.1) is 10.1 Å². The van der Waals surface area contributed by atoms with E-state index in [1.54, 1.807) is 30.3 Å². The number of nitrogens with zero attached hydrogens (tertiary/aromatic N) is 1. The zero-order valence-corrected chi connectivity index (χ0v) is 11.1. The van der Waals surface area contributed by atoms with Crippen LogP contribution in [0.2, 0.25) is 0 Å². The molecule has 0 bridgehead atoms. The van der Waals surface area contributed by atoms with Crippen LogP contribution in [0.4, 0.5) is 5.69 Å². The first-order valence-electron chi connectivity index (χ1n) is 5.56. The Morgan fingerprint density at radius 3 is 2.42 bits per heavy atom. The molecule has 0 aromatic heterocycles. The lowest BCUT2D eigenvalue weighted by atomic mass is 10.3. The summed E-state index contributed by atoms with van der Waals surface area (Å²) in [6.07, 6.45) is 0. The molecule has 0 aliphatic carbocycles. The number of non-ortho nitro benzene ring substituents is 1. The maximum absolute atomic E-state index is 12.5. The minimum atomic E-state index is -3.04. The van der Waals surface area contributed by atoms with Crippen molar-refractivity contribution < 1.29 is 14.0 Å². The fourth-order valence-corrected chi connectivity index (χ4v) is 2.94. The van der Waals surface area contributed by atoms with E-state index in [9.17, 15) is 14.7 Å². The third-order valence-electron chi connectivity index (χ3n) is 2.53. The highest BCUT2D eigenvalue weighted by Gasteiger charge is 2.21. The van der Waals surface area contributed by atoms with Crippen molar-refractivity contribution in [3.05, 3.63) is 64.7 Å². The molecule has 0 radical (unpaired) electrons. The Labute approximate surface area is 110 Å². The molecule has 6 heteroatoms. The molecule has 0 spiro atoms. The third-order valence-corrected chi connectivity index (χ3v) is 4.33. The Morgan fingerprint density at radius 1 is 1.11 bits per heavy atom. The highest BCUT2D eigenvalue weighted by atomic mass is 31.2. The second-order valence-corrected chi connectivity index (χ2v) is 6.42. The molecule has 5 nitrogen and oxygen atoms in total. The van der Waals surface area contributed by atoms with Crippen molar-refractivity contribution in [3.8, 4) is 5.75 Å². The summed E-state index contributed by atoms with van der Waals surface area (Å²) in [5, 5.41) is 11.2. The lowest BCUT2D eigenvalue weighted by Gasteiger charge is -2.15. The molecule has 0 amide bonds. The summed E-state index contributed by atoms with van der Waals surface area (Å²) in [6.45, 7) is 1.49. The van der Waals surface area contributed by atoms with Gasteiger partial charge in [0.25, 0.3) is 13.1 Å². The Hall–Kier alpha value is -2.13. The second kappa shape index (κ2) is 5.24. The van der Waals surface area contributed by atoms with Gasteiger partial charge in [0.1, 0.15) is 5.75 Å². The van der Waals surface area contributed by atoms with E-state index in [2.05, 4.69) is 0 Å². The monoisotopic (exact) mass is 277 g/mol. The van der Waals surface area contributed by atoms with Crippen LogP contribution in [0.1, 0.15) is 0 Å². The molecule has 0 N–H and O–H groups in total. The zero-order chi connectivity index (χ0) is 13.9. The maximum Gasteiger partial charge on any atom is 0.274 e. The number of hydrogen-bond donors (Lipinski definition) is 0. The van der Waals surface area contributed by atoms with E-state index in [0.717, 1.165) is 0 Å². The Morgan fingerprint density at radius 2 is 1.79 bits per heavy atom. The molecule has 2 aromatic carbocycles. The van der Waals surface area contributed by atoms with Gasteiger partial charge in [0.05, 0.1) is 11.0 Å². The van der Waals surface area contributed by atoms with E-state index in [1.165, 1.54) is 24.9 Å². The number of benzene rings is 2. The van der Waals surface area contributed by atoms with E-state index in [1.807, 2.05) is 6.07 Å². The first-order chi connectivity index (χ1) is 8.99. The van der Waals surface area contributed by atoms with E-state index >= 15 is 0 Å². The third kappa shape index (κ3) is 3.20. The van der Waals surface area contributed by atoms with Gasteiger partial charge >= 0.3 is 0 Å². The number of nitro groups is 1.